The fourth-order valence-corrected chi connectivity index (χ4v) is 4.82. The van der Waals surface area contributed by atoms with Crippen LogP contribution in [0.25, 0.3) is 10.9 Å². The molecule has 1 unspecified atom stereocenters. The van der Waals surface area contributed by atoms with Gasteiger partial charge in [0, 0.05) is 22.7 Å². The van der Waals surface area contributed by atoms with Gasteiger partial charge in [-0.3, -0.25) is 14.2 Å². The molecule has 0 amide bonds. The van der Waals surface area contributed by atoms with Gasteiger partial charge in [0.05, 0.1) is 11.4 Å². The Bertz CT molecular complexity index is 1180. The molecule has 0 radical (unpaired) electrons. The lowest BCUT2D eigenvalue weighted by atomic mass is 9.86. The molecule has 0 bridgehead atoms. The molecule has 1 aromatic heterocycles. The highest BCUT2D eigenvalue weighted by Gasteiger charge is 2.33. The van der Waals surface area contributed by atoms with E-state index in [0.29, 0.717) is 23.1 Å². The largest absolute Gasteiger partial charge is 0.505 e. The molecule has 1 heterocycles. The predicted octanol–water partition coefficient (Wildman–Crippen LogP) is 5.37. The molecule has 0 saturated heterocycles. The molecule has 2 aromatic carbocycles. The maximum Gasteiger partial charge on any atom is 0.311 e. The summed E-state index contributed by atoms with van der Waals surface area (Å²) in [5.41, 5.74) is 0.937. The van der Waals surface area contributed by atoms with Crippen molar-refractivity contribution < 1.29 is 28.6 Å². The van der Waals surface area contributed by atoms with Crippen LogP contribution < -0.4 is 0 Å². The second kappa shape index (κ2) is 8.13. The van der Waals surface area contributed by atoms with E-state index in [2.05, 4.69) is 0 Å². The number of carbonyl (C=O) groups excluding carboxylic acids is 1. The number of aliphatic carboxylic acids is 1. The van der Waals surface area contributed by atoms with Crippen molar-refractivity contribution in [2.45, 2.75) is 44.9 Å². The highest BCUT2D eigenvalue weighted by atomic mass is 19.1. The number of carboxylic acids is 1. The summed E-state index contributed by atoms with van der Waals surface area (Å²) < 4.78 is 29.2. The third-order valence-corrected chi connectivity index (χ3v) is 6.29. The smallest absolute Gasteiger partial charge is 0.311 e. The third kappa shape index (κ3) is 3.80. The molecule has 5 nitrogen and oxygen atoms in total. The summed E-state index contributed by atoms with van der Waals surface area (Å²) in [4.78, 5) is 25.5. The van der Waals surface area contributed by atoms with Gasteiger partial charge in [-0.2, -0.15) is 0 Å². The molecule has 1 aliphatic carbocycles. The van der Waals surface area contributed by atoms with Gasteiger partial charge in [0.15, 0.2) is 11.6 Å². The first-order valence-corrected chi connectivity index (χ1v) is 10.3. The standard InChI is InChI=1S/C24H23F2NO4/c1-13-22(18(24(30)31)9-14-5-2-3-6-14)17-11-21(28)19(26)12-20(17)27(13)23(29)15-7-4-8-16(25)10-15/h4,7-8,10-12,14,18,28H,2-3,5-6,9H2,1H3,(H,30,31). The number of fused-ring (bicyclic) bond motifs is 1. The Morgan fingerprint density at radius 1 is 1.16 bits per heavy atom. The van der Waals surface area contributed by atoms with Gasteiger partial charge in [-0.15, -0.1) is 0 Å². The number of phenols is 1. The Hall–Kier alpha value is -3.22. The first kappa shape index (κ1) is 21.0. The summed E-state index contributed by atoms with van der Waals surface area (Å²) >= 11 is 0. The molecule has 0 spiro atoms. The first-order valence-electron chi connectivity index (χ1n) is 10.3. The van der Waals surface area contributed by atoms with Crippen LogP contribution in [0.5, 0.6) is 5.75 Å². The van der Waals surface area contributed by atoms with Crippen LogP contribution in [-0.2, 0) is 4.79 Å². The Kier molecular flexibility index (Phi) is 5.52. The molecule has 1 fully saturated rings. The van der Waals surface area contributed by atoms with Crippen LogP contribution in [-0.4, -0.2) is 26.7 Å². The minimum absolute atomic E-state index is 0.0581. The van der Waals surface area contributed by atoms with Crippen LogP contribution in [0.3, 0.4) is 0 Å². The molecule has 2 N–H and O–H groups in total. The number of nitrogens with zero attached hydrogens (tertiary/aromatic N) is 1. The van der Waals surface area contributed by atoms with Gasteiger partial charge in [0.25, 0.3) is 5.91 Å². The lowest BCUT2D eigenvalue weighted by Crippen LogP contribution is -2.18. The zero-order valence-electron chi connectivity index (χ0n) is 17.1. The maximum absolute atomic E-state index is 14.2. The van der Waals surface area contributed by atoms with Crippen molar-refractivity contribution in [1.82, 2.24) is 4.57 Å². The number of benzene rings is 2. The molecule has 1 saturated carbocycles. The molecule has 162 valence electrons. The number of rotatable bonds is 5. The van der Waals surface area contributed by atoms with E-state index in [-0.39, 0.29) is 17.0 Å². The number of hydrogen-bond acceptors (Lipinski definition) is 3. The number of hydrogen-bond donors (Lipinski definition) is 2. The number of aromatic hydroxyl groups is 1. The summed E-state index contributed by atoms with van der Waals surface area (Å²) in [6.45, 7) is 1.60. The van der Waals surface area contributed by atoms with E-state index in [1.165, 1.54) is 28.8 Å². The van der Waals surface area contributed by atoms with Gasteiger partial charge < -0.3 is 10.2 Å². The monoisotopic (exact) mass is 427 g/mol. The number of aromatic nitrogens is 1. The molecule has 0 aliphatic heterocycles. The Morgan fingerprint density at radius 2 is 1.87 bits per heavy atom. The molecular formula is C24H23F2NO4. The molecule has 3 aromatic rings. The average molecular weight is 427 g/mol. The summed E-state index contributed by atoms with van der Waals surface area (Å²) in [6, 6.07) is 7.33. The van der Waals surface area contributed by atoms with Crippen molar-refractivity contribution in [1.29, 1.82) is 0 Å². The van der Waals surface area contributed by atoms with Crippen LogP contribution in [0.15, 0.2) is 36.4 Å². The van der Waals surface area contributed by atoms with Crippen LogP contribution in [0.1, 0.15) is 59.6 Å². The number of halogens is 2. The maximum atomic E-state index is 14.2. The summed E-state index contributed by atoms with van der Waals surface area (Å²) in [7, 11) is 0. The van der Waals surface area contributed by atoms with E-state index < -0.39 is 35.2 Å². The van der Waals surface area contributed by atoms with Gasteiger partial charge in [0.1, 0.15) is 5.82 Å². The second-order valence-electron chi connectivity index (χ2n) is 8.25. The summed E-state index contributed by atoms with van der Waals surface area (Å²) in [6.07, 6.45) is 4.42. The predicted molar refractivity (Wildman–Crippen MR) is 111 cm³/mol. The van der Waals surface area contributed by atoms with Gasteiger partial charge in [0.2, 0.25) is 0 Å². The number of carbonyl (C=O) groups is 2. The van der Waals surface area contributed by atoms with E-state index in [1.54, 1.807) is 6.92 Å². The summed E-state index contributed by atoms with van der Waals surface area (Å²) in [5, 5.41) is 20.3. The Labute approximate surface area is 177 Å². The lowest BCUT2D eigenvalue weighted by molar-refractivity contribution is -0.139. The van der Waals surface area contributed by atoms with Crippen LogP contribution in [0.4, 0.5) is 8.78 Å². The van der Waals surface area contributed by atoms with Gasteiger partial charge in [-0.1, -0.05) is 31.7 Å². The minimum Gasteiger partial charge on any atom is -0.505 e. The van der Waals surface area contributed by atoms with Crippen molar-refractivity contribution >= 4 is 22.8 Å². The normalized spacial score (nSPS) is 15.5. The fourth-order valence-electron chi connectivity index (χ4n) is 4.82. The van der Waals surface area contributed by atoms with Gasteiger partial charge >= 0.3 is 5.97 Å². The Balaban J connectivity index is 1.93. The van der Waals surface area contributed by atoms with Crippen molar-refractivity contribution in [3.05, 3.63) is 64.9 Å². The molecule has 7 heteroatoms. The fraction of sp³-hybridized carbons (Fsp3) is 0.333. The van der Waals surface area contributed by atoms with Crippen molar-refractivity contribution in [3.8, 4) is 5.75 Å². The van der Waals surface area contributed by atoms with E-state index in [1.807, 2.05) is 0 Å². The van der Waals surface area contributed by atoms with E-state index in [4.69, 9.17) is 0 Å². The molecule has 1 aliphatic rings. The Morgan fingerprint density at radius 3 is 2.52 bits per heavy atom. The quantitative estimate of drug-likeness (QED) is 0.574. The highest BCUT2D eigenvalue weighted by Crippen LogP contribution is 2.41. The molecular weight excluding hydrogens is 404 g/mol. The topological polar surface area (TPSA) is 79.5 Å². The van der Waals surface area contributed by atoms with Crippen molar-refractivity contribution in [3.63, 3.8) is 0 Å². The molecule has 1 atom stereocenters. The molecule has 4 rings (SSSR count). The number of phenolic OH excluding ortho intramolecular Hbond substituents is 1. The SMILES string of the molecule is Cc1c(C(CC2CCCC2)C(=O)O)c2cc(O)c(F)cc2n1C(=O)c1cccc(F)c1. The van der Waals surface area contributed by atoms with Crippen LogP contribution >= 0.6 is 0 Å². The van der Waals surface area contributed by atoms with Gasteiger partial charge in [-0.05, 0) is 49.1 Å². The summed E-state index contributed by atoms with van der Waals surface area (Å²) in [5.74, 6) is -4.40. The van der Waals surface area contributed by atoms with Crippen LogP contribution in [0.2, 0.25) is 0 Å². The van der Waals surface area contributed by atoms with Gasteiger partial charge in [-0.25, -0.2) is 8.78 Å². The van der Waals surface area contributed by atoms with E-state index in [9.17, 15) is 28.6 Å². The average Bonchev–Trinajstić information content (AvgIpc) is 3.32. The zero-order valence-corrected chi connectivity index (χ0v) is 17.1. The molecule has 31 heavy (non-hydrogen) atoms. The van der Waals surface area contributed by atoms with Crippen molar-refractivity contribution in [2.24, 2.45) is 5.92 Å². The minimum atomic E-state index is -1.03. The van der Waals surface area contributed by atoms with E-state index in [0.717, 1.165) is 37.8 Å². The zero-order chi connectivity index (χ0) is 22.3. The lowest BCUT2D eigenvalue weighted by Gasteiger charge is -2.18. The number of carboxylic acid groups (broad SMARTS) is 1. The first-order chi connectivity index (χ1) is 14.8. The highest BCUT2D eigenvalue weighted by molar-refractivity contribution is 6.05. The second-order valence-corrected chi connectivity index (χ2v) is 8.25. The third-order valence-electron chi connectivity index (χ3n) is 6.29. The van der Waals surface area contributed by atoms with Crippen LogP contribution in [0, 0.1) is 24.5 Å². The van der Waals surface area contributed by atoms with E-state index >= 15 is 0 Å². The van der Waals surface area contributed by atoms with Crippen molar-refractivity contribution in [2.75, 3.05) is 0 Å².